The lowest BCUT2D eigenvalue weighted by molar-refractivity contribution is -0.149. The van der Waals surface area contributed by atoms with E-state index >= 15 is 0 Å². The molecule has 1 saturated heterocycles. The van der Waals surface area contributed by atoms with E-state index in [-0.39, 0.29) is 18.5 Å². The predicted octanol–water partition coefficient (Wildman–Crippen LogP) is 5.13. The first-order chi connectivity index (χ1) is 13.9. The molecule has 1 aliphatic carbocycles. The van der Waals surface area contributed by atoms with Gasteiger partial charge in [-0.25, -0.2) is 0 Å². The molecule has 3 atom stereocenters. The molecule has 3 unspecified atom stereocenters. The van der Waals surface area contributed by atoms with Gasteiger partial charge in [0.25, 0.3) is 0 Å². The number of fused-ring (bicyclic) bond motifs is 1. The molecule has 7 heteroatoms. The Balaban J connectivity index is 1.53. The van der Waals surface area contributed by atoms with Crippen LogP contribution in [0.4, 0.5) is 13.2 Å². The third-order valence-electron chi connectivity index (χ3n) is 6.00. The fourth-order valence-electron chi connectivity index (χ4n) is 4.56. The van der Waals surface area contributed by atoms with Crippen molar-refractivity contribution in [1.29, 1.82) is 0 Å². The van der Waals surface area contributed by atoms with Crippen LogP contribution in [-0.4, -0.2) is 25.9 Å². The summed E-state index contributed by atoms with van der Waals surface area (Å²) in [6, 6.07) is 11.5. The van der Waals surface area contributed by atoms with Gasteiger partial charge in [0, 0.05) is 29.2 Å². The average Bonchev–Trinajstić information content (AvgIpc) is 3.31. The molecule has 4 rings (SSSR count). The van der Waals surface area contributed by atoms with Gasteiger partial charge in [-0.05, 0) is 66.8 Å². The quantitative estimate of drug-likeness (QED) is 0.697. The second-order valence-corrected chi connectivity index (χ2v) is 8.20. The lowest BCUT2D eigenvalue weighted by atomic mass is 9.97. The molecule has 0 spiro atoms. The van der Waals surface area contributed by atoms with E-state index in [4.69, 9.17) is 16.3 Å². The Bertz CT molecular complexity index is 887. The van der Waals surface area contributed by atoms with Gasteiger partial charge in [0.05, 0.1) is 13.0 Å². The number of alkyl halides is 3. The van der Waals surface area contributed by atoms with E-state index in [9.17, 15) is 13.2 Å². The molecule has 156 valence electrons. The number of halogens is 4. The number of hydrogen-bond acceptors (Lipinski definition) is 3. The summed E-state index contributed by atoms with van der Waals surface area (Å²) < 4.78 is 45.7. The molecule has 0 bridgehead atoms. The van der Waals surface area contributed by atoms with E-state index in [1.165, 1.54) is 0 Å². The van der Waals surface area contributed by atoms with Gasteiger partial charge in [0.1, 0.15) is 5.75 Å². The van der Waals surface area contributed by atoms with E-state index in [1.54, 1.807) is 19.2 Å². The van der Waals surface area contributed by atoms with Crippen molar-refractivity contribution in [1.82, 2.24) is 10.6 Å². The van der Waals surface area contributed by atoms with Crippen LogP contribution in [0.3, 0.4) is 0 Å². The zero-order chi connectivity index (χ0) is 20.6. The summed E-state index contributed by atoms with van der Waals surface area (Å²) >= 11 is 6.13. The van der Waals surface area contributed by atoms with Crippen molar-refractivity contribution in [2.75, 3.05) is 13.7 Å². The van der Waals surface area contributed by atoms with Crippen molar-refractivity contribution >= 4 is 11.6 Å². The first-order valence-electron chi connectivity index (χ1n) is 9.85. The molecule has 1 heterocycles. The number of hydrogen-bond donors (Lipinski definition) is 2. The summed E-state index contributed by atoms with van der Waals surface area (Å²) in [4.78, 5) is 0. The molecule has 1 aliphatic heterocycles. The third kappa shape index (κ3) is 4.25. The first kappa shape index (κ1) is 20.5. The number of benzene rings is 2. The van der Waals surface area contributed by atoms with Gasteiger partial charge in [0.15, 0.2) is 0 Å². The Morgan fingerprint density at radius 3 is 2.76 bits per heavy atom. The Labute approximate surface area is 173 Å². The summed E-state index contributed by atoms with van der Waals surface area (Å²) in [6.07, 6.45) is -2.73. The van der Waals surface area contributed by atoms with Crippen LogP contribution in [0.1, 0.15) is 47.1 Å². The molecule has 2 aromatic rings. The summed E-state index contributed by atoms with van der Waals surface area (Å²) in [7, 11) is 1.56. The van der Waals surface area contributed by atoms with Crippen molar-refractivity contribution < 1.29 is 17.9 Å². The van der Waals surface area contributed by atoms with Gasteiger partial charge < -0.3 is 15.4 Å². The van der Waals surface area contributed by atoms with E-state index < -0.39 is 12.1 Å². The van der Waals surface area contributed by atoms with Gasteiger partial charge >= 0.3 is 6.18 Å². The molecular weight excluding hydrogens is 401 g/mol. The second kappa shape index (κ2) is 8.17. The van der Waals surface area contributed by atoms with Gasteiger partial charge in [-0.15, -0.1) is 0 Å². The standard InChI is InChI=1S/C22H24ClF3N2O/c1-29-20-11-13-5-6-18(22(24,25)26)17(13)10-15(20)12-28-19-7-8-27-21(19)14-3-2-4-16(23)9-14/h2-4,9-11,18-19,21,27-28H,5-8,12H2,1H3. The van der Waals surface area contributed by atoms with Gasteiger partial charge in [-0.3, -0.25) is 0 Å². The van der Waals surface area contributed by atoms with E-state index in [0.717, 1.165) is 29.7 Å². The number of rotatable bonds is 5. The lowest BCUT2D eigenvalue weighted by Gasteiger charge is -2.23. The van der Waals surface area contributed by atoms with Crippen molar-refractivity contribution in [2.24, 2.45) is 0 Å². The summed E-state index contributed by atoms with van der Waals surface area (Å²) in [5.74, 6) is -0.737. The molecule has 29 heavy (non-hydrogen) atoms. The van der Waals surface area contributed by atoms with Gasteiger partial charge in [-0.2, -0.15) is 13.2 Å². The number of methoxy groups -OCH3 is 1. The molecule has 2 N–H and O–H groups in total. The van der Waals surface area contributed by atoms with Crippen LogP contribution >= 0.6 is 11.6 Å². The maximum absolute atomic E-state index is 13.4. The van der Waals surface area contributed by atoms with Crippen LogP contribution in [0.25, 0.3) is 0 Å². The van der Waals surface area contributed by atoms with Crippen LogP contribution in [-0.2, 0) is 13.0 Å². The molecule has 2 aliphatic rings. The molecular formula is C22H24ClF3N2O. The van der Waals surface area contributed by atoms with Crippen LogP contribution in [0.5, 0.6) is 5.75 Å². The SMILES string of the molecule is COc1cc2c(cc1CNC1CCNC1c1cccc(Cl)c1)C(C(F)(F)F)CC2. The topological polar surface area (TPSA) is 33.3 Å². The Kier molecular flexibility index (Phi) is 5.78. The molecule has 0 amide bonds. The zero-order valence-corrected chi connectivity index (χ0v) is 16.9. The largest absolute Gasteiger partial charge is 0.496 e. The molecule has 3 nitrogen and oxygen atoms in total. The highest BCUT2D eigenvalue weighted by atomic mass is 35.5. The summed E-state index contributed by atoms with van der Waals surface area (Å²) in [6.45, 7) is 1.32. The zero-order valence-electron chi connectivity index (χ0n) is 16.2. The van der Waals surface area contributed by atoms with Crippen molar-refractivity contribution in [3.8, 4) is 5.75 Å². The van der Waals surface area contributed by atoms with Crippen LogP contribution in [0.15, 0.2) is 36.4 Å². The molecule has 0 radical (unpaired) electrons. The molecule has 0 aromatic heterocycles. The fourth-order valence-corrected chi connectivity index (χ4v) is 4.76. The Morgan fingerprint density at radius 2 is 2.03 bits per heavy atom. The highest BCUT2D eigenvalue weighted by Gasteiger charge is 2.44. The normalized spacial score (nSPS) is 24.0. The van der Waals surface area contributed by atoms with Crippen molar-refractivity contribution in [3.63, 3.8) is 0 Å². The Hall–Kier alpha value is -1.76. The number of ether oxygens (including phenoxy) is 1. The van der Waals surface area contributed by atoms with Crippen molar-refractivity contribution in [3.05, 3.63) is 63.7 Å². The maximum Gasteiger partial charge on any atom is 0.395 e. The van der Waals surface area contributed by atoms with Crippen LogP contribution in [0.2, 0.25) is 5.02 Å². The fraction of sp³-hybridized carbons (Fsp3) is 0.455. The minimum absolute atomic E-state index is 0.108. The van der Waals surface area contributed by atoms with E-state index in [1.807, 2.05) is 24.3 Å². The van der Waals surface area contributed by atoms with E-state index in [0.29, 0.717) is 29.3 Å². The Morgan fingerprint density at radius 1 is 1.21 bits per heavy atom. The van der Waals surface area contributed by atoms with Crippen molar-refractivity contribution in [2.45, 2.75) is 50.0 Å². The monoisotopic (exact) mass is 424 g/mol. The van der Waals surface area contributed by atoms with Gasteiger partial charge in [0.2, 0.25) is 0 Å². The molecule has 0 saturated carbocycles. The highest BCUT2D eigenvalue weighted by molar-refractivity contribution is 6.30. The second-order valence-electron chi connectivity index (χ2n) is 7.76. The average molecular weight is 425 g/mol. The minimum Gasteiger partial charge on any atom is -0.496 e. The third-order valence-corrected chi connectivity index (χ3v) is 6.23. The summed E-state index contributed by atoms with van der Waals surface area (Å²) in [5, 5.41) is 7.69. The lowest BCUT2D eigenvalue weighted by Crippen LogP contribution is -2.34. The molecule has 1 fully saturated rings. The maximum atomic E-state index is 13.4. The van der Waals surface area contributed by atoms with Gasteiger partial charge in [-0.1, -0.05) is 23.7 Å². The predicted molar refractivity (Wildman–Crippen MR) is 108 cm³/mol. The number of nitrogens with one attached hydrogen (secondary N) is 2. The number of aryl methyl sites for hydroxylation is 1. The first-order valence-corrected chi connectivity index (χ1v) is 10.2. The smallest absolute Gasteiger partial charge is 0.395 e. The van der Waals surface area contributed by atoms with E-state index in [2.05, 4.69) is 10.6 Å². The molecule has 2 aromatic carbocycles. The van der Waals surface area contributed by atoms with Crippen LogP contribution < -0.4 is 15.4 Å². The highest BCUT2D eigenvalue weighted by Crippen LogP contribution is 2.46. The van der Waals surface area contributed by atoms with Crippen LogP contribution in [0, 0.1) is 0 Å². The summed E-state index contributed by atoms with van der Waals surface area (Å²) in [5.41, 5.74) is 3.00. The minimum atomic E-state index is -4.21.